The largest absolute Gasteiger partial charge is 0.481 e. The first-order valence-electron chi connectivity index (χ1n) is 11.5. The van der Waals surface area contributed by atoms with Gasteiger partial charge < -0.3 is 30.5 Å². The quantitative estimate of drug-likeness (QED) is 0.185. The Hall–Kier alpha value is -2.69. The van der Waals surface area contributed by atoms with Crippen LogP contribution in [0.5, 0.6) is 0 Å². The fourth-order valence-corrected chi connectivity index (χ4v) is 3.06. The van der Waals surface area contributed by atoms with Crippen LogP contribution in [-0.2, 0) is 33.4 Å². The highest BCUT2D eigenvalue weighted by molar-refractivity contribution is 5.90. The summed E-state index contributed by atoms with van der Waals surface area (Å²) in [5.74, 6) is -3.21. The fourth-order valence-electron chi connectivity index (χ4n) is 3.06. The second-order valence-electron chi connectivity index (χ2n) is 9.44. The first kappa shape index (κ1) is 31.3. The number of aliphatic carboxylic acids is 1. The van der Waals surface area contributed by atoms with E-state index in [9.17, 15) is 24.0 Å². The fraction of sp³-hybridized carbons (Fsp3) is 0.783. The Morgan fingerprint density at radius 2 is 1.62 bits per heavy atom. The summed E-state index contributed by atoms with van der Waals surface area (Å²) in [6.45, 7) is 9.52. The Morgan fingerprint density at radius 3 is 2.15 bits per heavy atom. The number of carboxylic acids is 1. The standard InChI is InChI=1S/C23H41N3O8/c1-15(2)13-16(14-20(30)34-23(3,4)5)21(31)26-17(22(32)24-6)7-8-18(27)25-10-12-33-11-9-19(28)29/h15-17H,7-14H2,1-6H3,(H,24,32)(H,25,27)(H,26,31)(H,28,29)/t16-,17+/m1/s1. The van der Waals surface area contributed by atoms with Gasteiger partial charge in [-0.1, -0.05) is 13.8 Å². The summed E-state index contributed by atoms with van der Waals surface area (Å²) >= 11 is 0. The summed E-state index contributed by atoms with van der Waals surface area (Å²) in [7, 11) is 1.43. The minimum atomic E-state index is -0.965. The molecule has 0 aliphatic rings. The van der Waals surface area contributed by atoms with Crippen LogP contribution in [0.2, 0.25) is 0 Å². The molecule has 34 heavy (non-hydrogen) atoms. The normalized spacial score (nSPS) is 13.0. The highest BCUT2D eigenvalue weighted by atomic mass is 16.6. The molecule has 0 saturated heterocycles. The van der Waals surface area contributed by atoms with Gasteiger partial charge in [-0.15, -0.1) is 0 Å². The molecule has 11 nitrogen and oxygen atoms in total. The van der Waals surface area contributed by atoms with Gasteiger partial charge in [-0.05, 0) is 39.5 Å². The zero-order valence-corrected chi connectivity index (χ0v) is 21.2. The molecule has 0 aliphatic carbocycles. The Labute approximate surface area is 201 Å². The average Bonchev–Trinajstić information content (AvgIpc) is 2.70. The summed E-state index contributed by atoms with van der Waals surface area (Å²) in [6, 6.07) is -0.941. The molecule has 0 spiro atoms. The molecule has 0 aliphatic heterocycles. The summed E-state index contributed by atoms with van der Waals surface area (Å²) in [5.41, 5.74) is -0.671. The van der Waals surface area contributed by atoms with Crippen molar-refractivity contribution in [1.29, 1.82) is 0 Å². The van der Waals surface area contributed by atoms with Gasteiger partial charge in [-0.3, -0.25) is 24.0 Å². The maximum Gasteiger partial charge on any atom is 0.307 e. The van der Waals surface area contributed by atoms with Crippen molar-refractivity contribution in [3.05, 3.63) is 0 Å². The maximum atomic E-state index is 12.9. The molecule has 4 N–H and O–H groups in total. The number of carbonyl (C=O) groups is 5. The first-order chi connectivity index (χ1) is 15.7. The summed E-state index contributed by atoms with van der Waals surface area (Å²) in [5, 5.41) is 16.3. The van der Waals surface area contributed by atoms with E-state index in [1.165, 1.54) is 7.05 Å². The molecule has 0 rings (SSSR count). The molecule has 11 heteroatoms. The number of hydrogen-bond acceptors (Lipinski definition) is 7. The lowest BCUT2D eigenvalue weighted by atomic mass is 9.92. The van der Waals surface area contributed by atoms with Crippen LogP contribution in [0.1, 0.15) is 66.7 Å². The molecular weight excluding hydrogens is 446 g/mol. The van der Waals surface area contributed by atoms with E-state index in [1.807, 2.05) is 13.8 Å². The molecule has 0 unspecified atom stereocenters. The van der Waals surface area contributed by atoms with Gasteiger partial charge >= 0.3 is 11.9 Å². The van der Waals surface area contributed by atoms with Gasteiger partial charge in [-0.25, -0.2) is 0 Å². The highest BCUT2D eigenvalue weighted by Gasteiger charge is 2.29. The van der Waals surface area contributed by atoms with Crippen molar-refractivity contribution in [3.63, 3.8) is 0 Å². The third-order valence-electron chi connectivity index (χ3n) is 4.53. The van der Waals surface area contributed by atoms with E-state index in [2.05, 4.69) is 16.0 Å². The number of nitrogens with one attached hydrogen (secondary N) is 3. The predicted molar refractivity (Wildman–Crippen MR) is 125 cm³/mol. The Balaban J connectivity index is 4.84. The maximum absolute atomic E-state index is 12.9. The molecule has 0 fully saturated rings. The number of carbonyl (C=O) groups excluding carboxylic acids is 4. The van der Waals surface area contributed by atoms with Crippen molar-refractivity contribution in [1.82, 2.24) is 16.0 Å². The van der Waals surface area contributed by atoms with E-state index in [0.29, 0.717) is 6.42 Å². The van der Waals surface area contributed by atoms with Crippen LogP contribution in [0.25, 0.3) is 0 Å². The lowest BCUT2D eigenvalue weighted by Gasteiger charge is -2.24. The molecule has 3 amide bonds. The smallest absolute Gasteiger partial charge is 0.307 e. The zero-order chi connectivity index (χ0) is 26.3. The van der Waals surface area contributed by atoms with Crippen LogP contribution in [0.4, 0.5) is 0 Å². The second kappa shape index (κ2) is 16.0. The monoisotopic (exact) mass is 487 g/mol. The zero-order valence-electron chi connectivity index (χ0n) is 21.2. The molecule has 2 atom stereocenters. The van der Waals surface area contributed by atoms with E-state index in [-0.39, 0.29) is 57.3 Å². The molecular formula is C23H41N3O8. The van der Waals surface area contributed by atoms with E-state index < -0.39 is 41.3 Å². The van der Waals surface area contributed by atoms with Gasteiger partial charge in [0, 0.05) is 25.9 Å². The van der Waals surface area contributed by atoms with Crippen molar-refractivity contribution in [3.8, 4) is 0 Å². The summed E-state index contributed by atoms with van der Waals surface area (Å²) < 4.78 is 10.4. The van der Waals surface area contributed by atoms with Crippen molar-refractivity contribution in [2.45, 2.75) is 78.4 Å². The number of hydrogen-bond donors (Lipinski definition) is 4. The minimum absolute atomic E-state index is 0.0194. The van der Waals surface area contributed by atoms with Crippen LogP contribution in [0.3, 0.4) is 0 Å². The SMILES string of the molecule is CNC(=O)[C@H](CCC(=O)NCCOCCC(=O)O)NC(=O)[C@@H](CC(=O)OC(C)(C)C)CC(C)C. The summed E-state index contributed by atoms with van der Waals surface area (Å²) in [6.07, 6.45) is 0.261. The molecule has 0 bridgehead atoms. The third kappa shape index (κ3) is 16.0. The number of esters is 1. The van der Waals surface area contributed by atoms with Gasteiger partial charge in [0.1, 0.15) is 11.6 Å². The van der Waals surface area contributed by atoms with Gasteiger partial charge in [-0.2, -0.15) is 0 Å². The predicted octanol–water partition coefficient (Wildman–Crippen LogP) is 0.999. The van der Waals surface area contributed by atoms with E-state index in [0.717, 1.165) is 0 Å². The highest BCUT2D eigenvalue weighted by Crippen LogP contribution is 2.19. The number of ether oxygens (including phenoxy) is 2. The number of carboxylic acid groups (broad SMARTS) is 1. The Morgan fingerprint density at radius 1 is 0.971 bits per heavy atom. The van der Waals surface area contributed by atoms with Gasteiger partial charge in [0.25, 0.3) is 0 Å². The lowest BCUT2D eigenvalue weighted by molar-refractivity contribution is -0.157. The molecule has 0 aromatic rings. The van der Waals surface area contributed by atoms with Crippen molar-refractivity contribution in [2.75, 3.05) is 26.8 Å². The number of amides is 3. The molecule has 0 aromatic carbocycles. The molecule has 0 heterocycles. The number of rotatable bonds is 16. The second-order valence-corrected chi connectivity index (χ2v) is 9.44. The van der Waals surface area contributed by atoms with Crippen molar-refractivity contribution in [2.24, 2.45) is 11.8 Å². The number of likely N-dealkylation sites (N-methyl/N-ethyl adjacent to an activating group) is 1. The van der Waals surface area contributed by atoms with Gasteiger partial charge in [0.05, 0.1) is 26.1 Å². The average molecular weight is 488 g/mol. The molecule has 0 radical (unpaired) electrons. The van der Waals surface area contributed by atoms with E-state index in [1.54, 1.807) is 20.8 Å². The van der Waals surface area contributed by atoms with Crippen LogP contribution in [0, 0.1) is 11.8 Å². The van der Waals surface area contributed by atoms with Crippen LogP contribution < -0.4 is 16.0 Å². The van der Waals surface area contributed by atoms with Crippen LogP contribution in [0.15, 0.2) is 0 Å². The summed E-state index contributed by atoms with van der Waals surface area (Å²) in [4.78, 5) is 60.0. The van der Waals surface area contributed by atoms with Crippen LogP contribution in [-0.4, -0.2) is 73.2 Å². The molecule has 196 valence electrons. The van der Waals surface area contributed by atoms with E-state index in [4.69, 9.17) is 14.6 Å². The van der Waals surface area contributed by atoms with Crippen LogP contribution >= 0.6 is 0 Å². The minimum Gasteiger partial charge on any atom is -0.481 e. The van der Waals surface area contributed by atoms with Gasteiger partial charge in [0.15, 0.2) is 0 Å². The van der Waals surface area contributed by atoms with E-state index >= 15 is 0 Å². The topological polar surface area (TPSA) is 160 Å². The lowest BCUT2D eigenvalue weighted by Crippen LogP contribution is -2.48. The third-order valence-corrected chi connectivity index (χ3v) is 4.53. The van der Waals surface area contributed by atoms with Crippen molar-refractivity contribution < 1.29 is 38.6 Å². The Bertz CT molecular complexity index is 688. The van der Waals surface area contributed by atoms with Gasteiger partial charge in [0.2, 0.25) is 17.7 Å². The Kier molecular flexibility index (Phi) is 14.8. The van der Waals surface area contributed by atoms with Crippen molar-refractivity contribution >= 4 is 29.7 Å². The first-order valence-corrected chi connectivity index (χ1v) is 11.5. The molecule has 0 aromatic heterocycles. The molecule has 0 saturated carbocycles.